The number of nitrogens with zero attached hydrogens (tertiary/aromatic N) is 1. The summed E-state index contributed by atoms with van der Waals surface area (Å²) in [5, 5.41) is 22.7. The summed E-state index contributed by atoms with van der Waals surface area (Å²) in [6.45, 7) is 14.7. The first kappa shape index (κ1) is 30.1. The van der Waals surface area contributed by atoms with Crippen LogP contribution in [0.25, 0.3) is 0 Å². The SMILES string of the molecule is CCCCCCN(O)C(=O)C1C[C@H](O)CC2=CC[C@H]3[C@@H]4CC[C@H]([C@H](C)CCCC(C)C)[C@@]4(C)CC[C@@H]3[C@]21C. The first-order valence-electron chi connectivity index (χ1n) is 16.4. The number of hydroxylamine groups is 2. The molecule has 0 radical (unpaired) electrons. The van der Waals surface area contributed by atoms with E-state index in [9.17, 15) is 15.1 Å². The van der Waals surface area contributed by atoms with E-state index in [0.717, 1.165) is 60.8 Å². The van der Waals surface area contributed by atoms with Gasteiger partial charge in [-0.3, -0.25) is 10.0 Å². The molecule has 218 valence electrons. The summed E-state index contributed by atoms with van der Waals surface area (Å²) in [4.78, 5) is 13.8. The summed E-state index contributed by atoms with van der Waals surface area (Å²) in [7, 11) is 0. The van der Waals surface area contributed by atoms with Crippen molar-refractivity contribution < 1.29 is 15.1 Å². The van der Waals surface area contributed by atoms with Gasteiger partial charge in [0.15, 0.2) is 0 Å². The zero-order chi connectivity index (χ0) is 27.7. The molecule has 0 aromatic rings. The lowest BCUT2D eigenvalue weighted by Gasteiger charge is -2.60. The number of fused-ring (bicyclic) bond motifs is 5. The zero-order valence-electron chi connectivity index (χ0n) is 25.6. The third-order valence-corrected chi connectivity index (χ3v) is 12.2. The van der Waals surface area contributed by atoms with Crippen LogP contribution >= 0.6 is 0 Å². The van der Waals surface area contributed by atoms with Crippen LogP contribution in [-0.2, 0) is 4.79 Å². The third-order valence-electron chi connectivity index (χ3n) is 12.2. The van der Waals surface area contributed by atoms with Crippen LogP contribution in [0, 0.1) is 52.3 Å². The van der Waals surface area contributed by atoms with Gasteiger partial charge in [-0.25, -0.2) is 5.06 Å². The van der Waals surface area contributed by atoms with Crippen molar-refractivity contribution in [1.82, 2.24) is 5.06 Å². The number of allylic oxidation sites excluding steroid dienone is 1. The molecule has 2 N–H and O–H groups in total. The monoisotopic (exact) mass is 529 g/mol. The molecule has 38 heavy (non-hydrogen) atoms. The van der Waals surface area contributed by atoms with E-state index in [2.05, 4.69) is 47.6 Å². The summed E-state index contributed by atoms with van der Waals surface area (Å²) in [6, 6.07) is 0. The van der Waals surface area contributed by atoms with E-state index in [0.29, 0.717) is 36.6 Å². The van der Waals surface area contributed by atoms with Crippen molar-refractivity contribution >= 4 is 5.91 Å². The Labute approximate surface area is 234 Å². The summed E-state index contributed by atoms with van der Waals surface area (Å²) in [5.74, 6) is 3.77. The quantitative estimate of drug-likeness (QED) is 0.122. The number of rotatable bonds is 11. The number of aliphatic hydroxyl groups is 1. The molecule has 4 nitrogen and oxygen atoms in total. The fraction of sp³-hybridized carbons (Fsp3) is 0.912. The first-order valence-corrected chi connectivity index (χ1v) is 16.4. The molecule has 4 aliphatic carbocycles. The molecule has 3 fully saturated rings. The maximum absolute atomic E-state index is 13.8. The maximum Gasteiger partial charge on any atom is 0.250 e. The van der Waals surface area contributed by atoms with E-state index in [1.54, 1.807) is 0 Å². The number of hydrogen-bond acceptors (Lipinski definition) is 3. The Morgan fingerprint density at radius 2 is 1.82 bits per heavy atom. The Hall–Kier alpha value is -0.870. The van der Waals surface area contributed by atoms with Crippen LogP contribution in [0.2, 0.25) is 0 Å². The Morgan fingerprint density at radius 1 is 1.05 bits per heavy atom. The van der Waals surface area contributed by atoms with Gasteiger partial charge in [-0.05, 0) is 92.3 Å². The molecule has 3 saturated carbocycles. The highest BCUT2D eigenvalue weighted by atomic mass is 16.5. The molecule has 0 spiro atoms. The second kappa shape index (κ2) is 12.3. The van der Waals surface area contributed by atoms with Gasteiger partial charge in [0.25, 0.3) is 0 Å². The summed E-state index contributed by atoms with van der Waals surface area (Å²) in [6.07, 6.45) is 17.6. The van der Waals surface area contributed by atoms with Crippen LogP contribution in [0.3, 0.4) is 0 Å². The van der Waals surface area contributed by atoms with Crippen molar-refractivity contribution in [2.75, 3.05) is 6.54 Å². The van der Waals surface area contributed by atoms with E-state index in [-0.39, 0.29) is 17.2 Å². The minimum atomic E-state index is -0.482. The first-order chi connectivity index (χ1) is 18.0. The van der Waals surface area contributed by atoms with Gasteiger partial charge < -0.3 is 5.11 Å². The molecule has 0 saturated heterocycles. The van der Waals surface area contributed by atoms with Crippen LogP contribution in [0.5, 0.6) is 0 Å². The highest BCUT2D eigenvalue weighted by Crippen LogP contribution is 2.68. The van der Waals surface area contributed by atoms with Gasteiger partial charge in [0.2, 0.25) is 5.91 Å². The second-order valence-electron chi connectivity index (χ2n) is 14.8. The number of aliphatic hydroxyl groups excluding tert-OH is 1. The lowest BCUT2D eigenvalue weighted by atomic mass is 9.44. The average Bonchev–Trinajstić information content (AvgIpc) is 3.23. The lowest BCUT2D eigenvalue weighted by molar-refractivity contribution is -0.182. The number of carbonyl (C=O) groups excluding carboxylic acids is 1. The molecule has 0 aromatic carbocycles. The smallest absolute Gasteiger partial charge is 0.250 e. The Balaban J connectivity index is 1.52. The average molecular weight is 530 g/mol. The topological polar surface area (TPSA) is 60.8 Å². The third kappa shape index (κ3) is 5.65. The molecule has 1 amide bonds. The second-order valence-corrected chi connectivity index (χ2v) is 14.8. The van der Waals surface area contributed by atoms with Crippen LogP contribution < -0.4 is 0 Å². The molecule has 0 heterocycles. The molecule has 0 bridgehead atoms. The van der Waals surface area contributed by atoms with Crippen molar-refractivity contribution in [3.63, 3.8) is 0 Å². The van der Waals surface area contributed by atoms with Crippen molar-refractivity contribution in [2.24, 2.45) is 52.3 Å². The van der Waals surface area contributed by atoms with Gasteiger partial charge in [-0.15, -0.1) is 0 Å². The fourth-order valence-corrected chi connectivity index (χ4v) is 10.1. The van der Waals surface area contributed by atoms with Crippen LogP contribution in [-0.4, -0.2) is 33.9 Å². The molecule has 0 aromatic heterocycles. The van der Waals surface area contributed by atoms with Crippen molar-refractivity contribution in [1.29, 1.82) is 0 Å². The molecular weight excluding hydrogens is 470 g/mol. The Bertz CT molecular complexity index is 838. The van der Waals surface area contributed by atoms with E-state index in [1.165, 1.54) is 50.5 Å². The summed E-state index contributed by atoms with van der Waals surface area (Å²) >= 11 is 0. The van der Waals surface area contributed by atoms with Gasteiger partial charge in [-0.2, -0.15) is 0 Å². The van der Waals surface area contributed by atoms with Crippen LogP contribution in [0.1, 0.15) is 131 Å². The van der Waals surface area contributed by atoms with Crippen molar-refractivity contribution in [3.05, 3.63) is 11.6 Å². The number of carbonyl (C=O) groups is 1. The number of amides is 1. The number of hydrogen-bond donors (Lipinski definition) is 2. The molecular formula is C34H59NO3. The van der Waals surface area contributed by atoms with Crippen molar-refractivity contribution in [2.45, 2.75) is 138 Å². The molecule has 4 heteroatoms. The molecule has 0 aliphatic heterocycles. The summed E-state index contributed by atoms with van der Waals surface area (Å²) < 4.78 is 0. The zero-order valence-corrected chi connectivity index (χ0v) is 25.6. The lowest BCUT2D eigenvalue weighted by Crippen LogP contribution is -2.57. The predicted octanol–water partition coefficient (Wildman–Crippen LogP) is 8.41. The van der Waals surface area contributed by atoms with E-state index < -0.39 is 6.10 Å². The van der Waals surface area contributed by atoms with Crippen LogP contribution in [0.15, 0.2) is 11.6 Å². The molecule has 4 rings (SSSR count). The fourth-order valence-electron chi connectivity index (χ4n) is 10.1. The van der Waals surface area contributed by atoms with Gasteiger partial charge in [-0.1, -0.05) is 91.7 Å². The van der Waals surface area contributed by atoms with E-state index in [4.69, 9.17) is 0 Å². The number of unbranched alkanes of at least 4 members (excludes halogenated alkanes) is 3. The largest absolute Gasteiger partial charge is 0.393 e. The summed E-state index contributed by atoms with van der Waals surface area (Å²) in [5.41, 5.74) is 1.47. The van der Waals surface area contributed by atoms with E-state index in [1.807, 2.05) is 0 Å². The predicted molar refractivity (Wildman–Crippen MR) is 156 cm³/mol. The van der Waals surface area contributed by atoms with Crippen molar-refractivity contribution in [3.8, 4) is 0 Å². The van der Waals surface area contributed by atoms with Gasteiger partial charge in [0, 0.05) is 12.0 Å². The molecule has 1 unspecified atom stereocenters. The minimum absolute atomic E-state index is 0.147. The molecule has 4 aliphatic rings. The van der Waals surface area contributed by atoms with Crippen LogP contribution in [0.4, 0.5) is 0 Å². The standard InChI is InChI=1S/C34H59NO3/c1-7-8-9-10-20-35(38)32(37)31-22-26(36)21-25-14-15-27-29-17-16-28(24(4)13-11-12-23(2)3)33(29,5)19-18-30(27)34(25,31)6/h14,23-24,26-31,36,38H,7-13,15-22H2,1-6H3/t24-,26-,27+,28-,29+,30+,31?,33-,34+/m1/s1. The normalized spacial score (nSPS) is 39.2. The highest BCUT2D eigenvalue weighted by Gasteiger charge is 2.62. The maximum atomic E-state index is 13.8. The minimum Gasteiger partial charge on any atom is -0.393 e. The van der Waals surface area contributed by atoms with Gasteiger partial charge in [0.1, 0.15) is 0 Å². The van der Waals surface area contributed by atoms with Gasteiger partial charge in [0.05, 0.1) is 12.0 Å². The molecule has 9 atom stereocenters. The Morgan fingerprint density at radius 3 is 2.53 bits per heavy atom. The van der Waals surface area contributed by atoms with E-state index >= 15 is 0 Å². The van der Waals surface area contributed by atoms with Gasteiger partial charge >= 0.3 is 0 Å². The highest BCUT2D eigenvalue weighted by molar-refractivity contribution is 5.79. The Kier molecular flexibility index (Phi) is 9.77.